The van der Waals surface area contributed by atoms with Gasteiger partial charge >= 0.3 is 0 Å². The van der Waals surface area contributed by atoms with Gasteiger partial charge in [-0.1, -0.05) is 18.2 Å². The Balaban J connectivity index is 2.06. The van der Waals surface area contributed by atoms with Crippen molar-refractivity contribution in [3.05, 3.63) is 36.0 Å². The Morgan fingerprint density at radius 1 is 1.47 bits per heavy atom. The number of benzene rings is 1. The van der Waals surface area contributed by atoms with Crippen LogP contribution in [0.5, 0.6) is 0 Å². The van der Waals surface area contributed by atoms with Gasteiger partial charge in [0.2, 0.25) is 5.91 Å². The monoisotopic (exact) mass is 232 g/mol. The van der Waals surface area contributed by atoms with E-state index in [1.54, 1.807) is 6.92 Å². The molecule has 0 saturated carbocycles. The van der Waals surface area contributed by atoms with Gasteiger partial charge in [0.15, 0.2) is 0 Å². The van der Waals surface area contributed by atoms with E-state index in [9.17, 15) is 4.79 Å². The van der Waals surface area contributed by atoms with Crippen molar-refractivity contribution in [3.63, 3.8) is 0 Å². The number of aromatic amines is 1. The molecule has 2 aromatic rings. The normalized spacial score (nSPS) is 12.6. The summed E-state index contributed by atoms with van der Waals surface area (Å²) in [6.45, 7) is 1.94. The van der Waals surface area contributed by atoms with Crippen molar-refractivity contribution in [2.24, 2.45) is 0 Å². The number of rotatable bonds is 4. The number of nitrogens with one attached hydrogen (secondary N) is 2. The minimum Gasteiger partial charge on any atom is -0.392 e. The molecule has 0 spiro atoms. The second-order valence-electron chi connectivity index (χ2n) is 4.19. The molecule has 1 atom stereocenters. The van der Waals surface area contributed by atoms with E-state index in [0.717, 1.165) is 16.5 Å². The van der Waals surface area contributed by atoms with Gasteiger partial charge in [0, 0.05) is 23.6 Å². The number of carbonyl (C=O) groups excluding carboxylic acids is 1. The van der Waals surface area contributed by atoms with Crippen LogP contribution in [-0.4, -0.2) is 28.6 Å². The molecule has 17 heavy (non-hydrogen) atoms. The molecule has 3 N–H and O–H groups in total. The molecule has 0 unspecified atom stereocenters. The first-order valence-corrected chi connectivity index (χ1v) is 5.66. The van der Waals surface area contributed by atoms with E-state index in [0.29, 0.717) is 13.0 Å². The molecule has 0 aliphatic heterocycles. The van der Waals surface area contributed by atoms with Crippen LogP contribution in [0.1, 0.15) is 12.5 Å². The SMILES string of the molecule is C[C@@H](O)CNC(=O)Cc1c[nH]c2ccccc12. The summed E-state index contributed by atoms with van der Waals surface area (Å²) < 4.78 is 0. The third kappa shape index (κ3) is 2.85. The second-order valence-corrected chi connectivity index (χ2v) is 4.19. The minimum atomic E-state index is -0.512. The molecule has 1 aromatic carbocycles. The average Bonchev–Trinajstić information content (AvgIpc) is 2.70. The molecule has 0 bridgehead atoms. The minimum absolute atomic E-state index is 0.0735. The largest absolute Gasteiger partial charge is 0.392 e. The first-order chi connectivity index (χ1) is 8.16. The van der Waals surface area contributed by atoms with Gasteiger partial charge in [-0.3, -0.25) is 4.79 Å². The van der Waals surface area contributed by atoms with E-state index in [1.165, 1.54) is 0 Å². The van der Waals surface area contributed by atoms with Crippen LogP contribution < -0.4 is 5.32 Å². The molecule has 1 aromatic heterocycles. The number of para-hydroxylation sites is 1. The second kappa shape index (κ2) is 5.01. The maximum atomic E-state index is 11.6. The summed E-state index contributed by atoms with van der Waals surface area (Å²) in [5.41, 5.74) is 2.01. The van der Waals surface area contributed by atoms with Gasteiger partial charge in [0.25, 0.3) is 0 Å². The van der Waals surface area contributed by atoms with Crippen molar-refractivity contribution in [2.45, 2.75) is 19.4 Å². The van der Waals surface area contributed by atoms with Crippen molar-refractivity contribution in [2.75, 3.05) is 6.54 Å². The van der Waals surface area contributed by atoms with E-state index in [2.05, 4.69) is 10.3 Å². The van der Waals surface area contributed by atoms with Crippen LogP contribution in [0, 0.1) is 0 Å². The smallest absolute Gasteiger partial charge is 0.224 e. The van der Waals surface area contributed by atoms with Gasteiger partial charge in [-0.15, -0.1) is 0 Å². The number of carbonyl (C=O) groups is 1. The molecule has 2 rings (SSSR count). The lowest BCUT2D eigenvalue weighted by atomic mass is 10.1. The molecular formula is C13H16N2O2. The summed E-state index contributed by atoms with van der Waals surface area (Å²) >= 11 is 0. The number of fused-ring (bicyclic) bond motifs is 1. The molecule has 0 aliphatic carbocycles. The van der Waals surface area contributed by atoms with E-state index in [1.807, 2.05) is 30.5 Å². The topological polar surface area (TPSA) is 65.1 Å². The Kier molecular flexibility index (Phi) is 3.44. The molecule has 1 amide bonds. The summed E-state index contributed by atoms with van der Waals surface area (Å²) in [5, 5.41) is 12.8. The van der Waals surface area contributed by atoms with Crippen molar-refractivity contribution >= 4 is 16.8 Å². The van der Waals surface area contributed by atoms with Crippen LogP contribution in [-0.2, 0) is 11.2 Å². The highest BCUT2D eigenvalue weighted by molar-refractivity contribution is 5.88. The number of hydrogen-bond acceptors (Lipinski definition) is 2. The molecular weight excluding hydrogens is 216 g/mol. The zero-order chi connectivity index (χ0) is 12.3. The van der Waals surface area contributed by atoms with Crippen molar-refractivity contribution in [1.29, 1.82) is 0 Å². The number of hydrogen-bond donors (Lipinski definition) is 3. The summed E-state index contributed by atoms with van der Waals surface area (Å²) in [5.74, 6) is -0.0735. The first-order valence-electron chi connectivity index (χ1n) is 5.66. The maximum absolute atomic E-state index is 11.6. The molecule has 0 radical (unpaired) electrons. The van der Waals surface area contributed by atoms with Crippen LogP contribution in [0.15, 0.2) is 30.5 Å². The molecule has 90 valence electrons. The molecule has 4 nitrogen and oxygen atoms in total. The van der Waals surface area contributed by atoms with Crippen molar-refractivity contribution < 1.29 is 9.90 Å². The van der Waals surface area contributed by atoms with E-state index < -0.39 is 6.10 Å². The Morgan fingerprint density at radius 2 is 2.24 bits per heavy atom. The van der Waals surface area contributed by atoms with E-state index in [-0.39, 0.29) is 5.91 Å². The summed E-state index contributed by atoms with van der Waals surface area (Å²) in [6, 6.07) is 7.87. The van der Waals surface area contributed by atoms with Crippen LogP contribution in [0.4, 0.5) is 0 Å². The van der Waals surface area contributed by atoms with Crippen LogP contribution in [0.25, 0.3) is 10.9 Å². The lowest BCUT2D eigenvalue weighted by molar-refractivity contribution is -0.120. The molecule has 0 fully saturated rings. The Morgan fingerprint density at radius 3 is 3.00 bits per heavy atom. The number of H-pyrrole nitrogens is 1. The zero-order valence-corrected chi connectivity index (χ0v) is 9.73. The molecule has 4 heteroatoms. The third-order valence-corrected chi connectivity index (χ3v) is 2.62. The standard InChI is InChI=1S/C13H16N2O2/c1-9(16)7-15-13(17)6-10-8-14-12-5-3-2-4-11(10)12/h2-5,8-9,14,16H,6-7H2,1H3,(H,15,17)/t9-/m1/s1. The van der Waals surface area contributed by atoms with Crippen LogP contribution >= 0.6 is 0 Å². The predicted octanol–water partition coefficient (Wildman–Crippen LogP) is 1.21. The quantitative estimate of drug-likeness (QED) is 0.741. The molecule has 0 saturated heterocycles. The Labute approximate surface area is 99.7 Å². The lowest BCUT2D eigenvalue weighted by Crippen LogP contribution is -2.31. The number of aliphatic hydroxyl groups is 1. The van der Waals surface area contributed by atoms with Gasteiger partial charge in [-0.05, 0) is 18.6 Å². The van der Waals surface area contributed by atoms with Crippen LogP contribution in [0.3, 0.4) is 0 Å². The Bertz CT molecular complexity index is 517. The maximum Gasteiger partial charge on any atom is 0.224 e. The molecule has 1 heterocycles. The summed E-state index contributed by atoms with van der Waals surface area (Å²) in [7, 11) is 0. The number of aliphatic hydroxyl groups excluding tert-OH is 1. The highest BCUT2D eigenvalue weighted by Crippen LogP contribution is 2.17. The average molecular weight is 232 g/mol. The Hall–Kier alpha value is -1.81. The van der Waals surface area contributed by atoms with Gasteiger partial charge in [0.05, 0.1) is 12.5 Å². The van der Waals surface area contributed by atoms with E-state index in [4.69, 9.17) is 5.11 Å². The number of aromatic nitrogens is 1. The number of amides is 1. The molecule has 0 aliphatic rings. The third-order valence-electron chi connectivity index (χ3n) is 2.62. The lowest BCUT2D eigenvalue weighted by Gasteiger charge is -2.06. The first kappa shape index (κ1) is 11.7. The van der Waals surface area contributed by atoms with E-state index >= 15 is 0 Å². The van der Waals surface area contributed by atoms with Gasteiger partial charge in [-0.2, -0.15) is 0 Å². The van der Waals surface area contributed by atoms with Gasteiger partial charge in [0.1, 0.15) is 0 Å². The van der Waals surface area contributed by atoms with Crippen molar-refractivity contribution in [1.82, 2.24) is 10.3 Å². The zero-order valence-electron chi connectivity index (χ0n) is 9.73. The summed E-state index contributed by atoms with van der Waals surface area (Å²) in [6.07, 6.45) is 1.67. The van der Waals surface area contributed by atoms with Crippen LogP contribution in [0.2, 0.25) is 0 Å². The highest BCUT2D eigenvalue weighted by Gasteiger charge is 2.08. The predicted molar refractivity (Wildman–Crippen MR) is 66.7 cm³/mol. The van der Waals surface area contributed by atoms with Gasteiger partial charge < -0.3 is 15.4 Å². The fraction of sp³-hybridized carbons (Fsp3) is 0.308. The van der Waals surface area contributed by atoms with Crippen molar-refractivity contribution in [3.8, 4) is 0 Å². The fourth-order valence-corrected chi connectivity index (χ4v) is 1.77. The summed E-state index contributed by atoms with van der Waals surface area (Å²) in [4.78, 5) is 14.8. The van der Waals surface area contributed by atoms with Gasteiger partial charge in [-0.25, -0.2) is 0 Å². The highest BCUT2D eigenvalue weighted by atomic mass is 16.3. The fourth-order valence-electron chi connectivity index (χ4n) is 1.77.